The van der Waals surface area contributed by atoms with E-state index >= 15 is 0 Å². The van der Waals surface area contributed by atoms with E-state index in [1.807, 2.05) is 0 Å². The molecule has 0 amide bonds. The van der Waals surface area contributed by atoms with Crippen LogP contribution in [0.4, 0.5) is 0 Å². The molecule has 0 bridgehead atoms. The first-order valence-corrected chi connectivity index (χ1v) is 8.08. The highest BCUT2D eigenvalue weighted by molar-refractivity contribution is 7.11. The maximum absolute atomic E-state index is 5.16. The number of ether oxygens (including phenoxy) is 1. The molecule has 2 aromatic rings. The number of hydrogen-bond acceptors (Lipinski definition) is 4. The molecular formula is C17H24N2OS. The van der Waals surface area contributed by atoms with Crippen molar-refractivity contribution < 1.29 is 4.74 Å². The minimum Gasteiger partial charge on any atom is -0.383 e. The molecule has 0 saturated heterocycles. The summed E-state index contributed by atoms with van der Waals surface area (Å²) in [4.78, 5) is 6.02. The van der Waals surface area contributed by atoms with E-state index in [9.17, 15) is 0 Å². The van der Waals surface area contributed by atoms with Gasteiger partial charge in [-0.3, -0.25) is 0 Å². The summed E-state index contributed by atoms with van der Waals surface area (Å²) in [5.74, 6) is 0. The highest BCUT2D eigenvalue weighted by Gasteiger charge is 2.18. The summed E-state index contributed by atoms with van der Waals surface area (Å²) in [5, 5.41) is 4.69. The van der Waals surface area contributed by atoms with Crippen molar-refractivity contribution in [1.29, 1.82) is 0 Å². The van der Waals surface area contributed by atoms with E-state index in [0.29, 0.717) is 6.61 Å². The monoisotopic (exact) mass is 304 g/mol. The lowest BCUT2D eigenvalue weighted by molar-refractivity contribution is 0.197. The molecule has 2 rings (SSSR count). The van der Waals surface area contributed by atoms with Gasteiger partial charge in [0.1, 0.15) is 5.01 Å². The van der Waals surface area contributed by atoms with Gasteiger partial charge in [-0.1, -0.05) is 18.2 Å². The van der Waals surface area contributed by atoms with Crippen LogP contribution in [0, 0.1) is 27.7 Å². The summed E-state index contributed by atoms with van der Waals surface area (Å²) in [6.07, 6.45) is 0. The predicted octanol–water partition coefficient (Wildman–Crippen LogP) is 3.70. The van der Waals surface area contributed by atoms with Gasteiger partial charge in [-0.05, 0) is 44.4 Å². The minimum atomic E-state index is 0.136. The third-order valence-electron chi connectivity index (χ3n) is 3.81. The van der Waals surface area contributed by atoms with E-state index in [2.05, 4.69) is 51.2 Å². The molecule has 0 radical (unpaired) electrons. The van der Waals surface area contributed by atoms with Gasteiger partial charge in [-0.2, -0.15) is 0 Å². The average molecular weight is 304 g/mol. The van der Waals surface area contributed by atoms with Crippen molar-refractivity contribution in [3.63, 3.8) is 0 Å². The fourth-order valence-electron chi connectivity index (χ4n) is 2.22. The fraction of sp³-hybridized carbons (Fsp3) is 0.471. The summed E-state index contributed by atoms with van der Waals surface area (Å²) < 4.78 is 5.16. The first-order chi connectivity index (χ1) is 10.0. The fourth-order valence-corrected chi connectivity index (χ4v) is 3.25. The Hall–Kier alpha value is -1.23. The Labute approximate surface area is 131 Å². The van der Waals surface area contributed by atoms with Gasteiger partial charge in [0.2, 0.25) is 0 Å². The standard InChI is InChI=1S/C17H24N2OS/c1-11-6-7-15(10-12(11)2)16(18-8-9-20-5)17-19-13(3)14(4)21-17/h6-7,10,16,18H,8-9H2,1-5H3. The van der Waals surface area contributed by atoms with Crippen LogP contribution < -0.4 is 5.32 Å². The summed E-state index contributed by atoms with van der Waals surface area (Å²) in [6.45, 7) is 10.0. The largest absolute Gasteiger partial charge is 0.383 e. The molecule has 0 saturated carbocycles. The molecule has 4 heteroatoms. The molecule has 114 valence electrons. The van der Waals surface area contributed by atoms with Gasteiger partial charge in [0.25, 0.3) is 0 Å². The Bertz CT molecular complexity index is 587. The Morgan fingerprint density at radius 2 is 1.95 bits per heavy atom. The summed E-state index contributed by atoms with van der Waals surface area (Å²) in [5.41, 5.74) is 5.03. The van der Waals surface area contributed by atoms with Gasteiger partial charge in [-0.15, -0.1) is 11.3 Å². The maximum atomic E-state index is 5.16. The molecular weight excluding hydrogens is 280 g/mol. The summed E-state index contributed by atoms with van der Waals surface area (Å²) in [6, 6.07) is 6.77. The third-order valence-corrected chi connectivity index (χ3v) is 4.95. The van der Waals surface area contributed by atoms with Crippen LogP contribution in [-0.2, 0) is 4.74 Å². The molecule has 1 heterocycles. The Kier molecular flexibility index (Phi) is 5.51. The molecule has 1 atom stereocenters. The number of nitrogens with one attached hydrogen (secondary N) is 1. The van der Waals surface area contributed by atoms with Crippen LogP contribution in [0.1, 0.15) is 38.3 Å². The lowest BCUT2D eigenvalue weighted by Crippen LogP contribution is -2.26. The molecule has 1 unspecified atom stereocenters. The van der Waals surface area contributed by atoms with E-state index < -0.39 is 0 Å². The Morgan fingerprint density at radius 3 is 2.52 bits per heavy atom. The van der Waals surface area contributed by atoms with Crippen molar-refractivity contribution in [1.82, 2.24) is 10.3 Å². The van der Waals surface area contributed by atoms with Gasteiger partial charge < -0.3 is 10.1 Å². The molecule has 0 fully saturated rings. The highest BCUT2D eigenvalue weighted by Crippen LogP contribution is 2.28. The van der Waals surface area contributed by atoms with Crippen LogP contribution in [0.25, 0.3) is 0 Å². The number of aromatic nitrogens is 1. The van der Waals surface area contributed by atoms with Crippen molar-refractivity contribution in [2.75, 3.05) is 20.3 Å². The highest BCUT2D eigenvalue weighted by atomic mass is 32.1. The van der Waals surface area contributed by atoms with Crippen LogP contribution >= 0.6 is 11.3 Å². The van der Waals surface area contributed by atoms with Crippen molar-refractivity contribution in [3.05, 3.63) is 50.5 Å². The zero-order valence-corrected chi connectivity index (χ0v) is 14.3. The molecule has 0 aliphatic heterocycles. The number of methoxy groups -OCH3 is 1. The number of aryl methyl sites for hydroxylation is 4. The SMILES string of the molecule is COCCNC(c1ccc(C)c(C)c1)c1nc(C)c(C)s1. The maximum Gasteiger partial charge on any atom is 0.115 e. The van der Waals surface area contributed by atoms with Gasteiger partial charge in [0, 0.05) is 18.5 Å². The van der Waals surface area contributed by atoms with Crippen molar-refractivity contribution in [2.24, 2.45) is 0 Å². The van der Waals surface area contributed by atoms with Crippen LogP contribution in [0.2, 0.25) is 0 Å². The van der Waals surface area contributed by atoms with Gasteiger partial charge >= 0.3 is 0 Å². The minimum absolute atomic E-state index is 0.136. The number of thiazole rings is 1. The van der Waals surface area contributed by atoms with Crippen molar-refractivity contribution in [2.45, 2.75) is 33.7 Å². The van der Waals surface area contributed by atoms with E-state index in [1.165, 1.54) is 21.6 Å². The number of benzene rings is 1. The second-order valence-electron chi connectivity index (χ2n) is 5.42. The van der Waals surface area contributed by atoms with Gasteiger partial charge in [0.15, 0.2) is 0 Å². The molecule has 0 spiro atoms. The molecule has 3 nitrogen and oxygen atoms in total. The third kappa shape index (κ3) is 3.90. The van der Waals surface area contributed by atoms with E-state index in [4.69, 9.17) is 9.72 Å². The topological polar surface area (TPSA) is 34.1 Å². The molecule has 21 heavy (non-hydrogen) atoms. The first-order valence-electron chi connectivity index (χ1n) is 7.26. The van der Waals surface area contributed by atoms with Crippen molar-refractivity contribution in [3.8, 4) is 0 Å². The van der Waals surface area contributed by atoms with Gasteiger partial charge in [0.05, 0.1) is 18.3 Å². The molecule has 1 aromatic heterocycles. The first kappa shape index (κ1) is 16.1. The van der Waals surface area contributed by atoms with E-state index in [-0.39, 0.29) is 6.04 Å². The molecule has 0 aliphatic carbocycles. The summed E-state index contributed by atoms with van der Waals surface area (Å²) >= 11 is 1.77. The van der Waals surface area contributed by atoms with Crippen LogP contribution in [0.3, 0.4) is 0 Å². The second kappa shape index (κ2) is 7.16. The average Bonchev–Trinajstić information content (AvgIpc) is 2.78. The van der Waals surface area contributed by atoms with Crippen molar-refractivity contribution >= 4 is 11.3 Å². The van der Waals surface area contributed by atoms with Crippen LogP contribution in [0.15, 0.2) is 18.2 Å². The molecule has 1 N–H and O–H groups in total. The Balaban J connectivity index is 2.32. The lowest BCUT2D eigenvalue weighted by Gasteiger charge is -2.18. The zero-order valence-electron chi connectivity index (χ0n) is 13.5. The number of nitrogens with zero attached hydrogens (tertiary/aromatic N) is 1. The second-order valence-corrected chi connectivity index (χ2v) is 6.65. The number of hydrogen-bond donors (Lipinski definition) is 1. The lowest BCUT2D eigenvalue weighted by atomic mass is 10.0. The van der Waals surface area contributed by atoms with Crippen LogP contribution in [0.5, 0.6) is 0 Å². The van der Waals surface area contributed by atoms with E-state index in [1.54, 1.807) is 18.4 Å². The Morgan fingerprint density at radius 1 is 1.19 bits per heavy atom. The van der Waals surface area contributed by atoms with Gasteiger partial charge in [-0.25, -0.2) is 4.98 Å². The predicted molar refractivity (Wildman–Crippen MR) is 89.2 cm³/mol. The molecule has 1 aromatic carbocycles. The smallest absolute Gasteiger partial charge is 0.115 e. The normalized spacial score (nSPS) is 12.6. The summed E-state index contributed by atoms with van der Waals surface area (Å²) in [7, 11) is 1.73. The zero-order chi connectivity index (χ0) is 15.4. The quantitative estimate of drug-likeness (QED) is 0.826. The van der Waals surface area contributed by atoms with E-state index in [0.717, 1.165) is 17.2 Å². The molecule has 0 aliphatic rings. The number of rotatable bonds is 6. The van der Waals surface area contributed by atoms with Crippen LogP contribution in [-0.4, -0.2) is 25.2 Å².